The molecule has 0 saturated carbocycles. The summed E-state index contributed by atoms with van der Waals surface area (Å²) in [6, 6.07) is 62.0. The Bertz CT molecular complexity index is 2770. The third-order valence-electron chi connectivity index (χ3n) is 9.69. The number of hydrogen-bond donors (Lipinski definition) is 0. The van der Waals surface area contributed by atoms with Gasteiger partial charge in [0.2, 0.25) is 0 Å². The summed E-state index contributed by atoms with van der Waals surface area (Å²) in [6.07, 6.45) is 0. The van der Waals surface area contributed by atoms with Crippen LogP contribution < -0.4 is 0 Å². The van der Waals surface area contributed by atoms with Crippen LogP contribution in [-0.2, 0) is 0 Å². The van der Waals surface area contributed by atoms with Crippen LogP contribution in [0.1, 0.15) is 0 Å². The van der Waals surface area contributed by atoms with Crippen LogP contribution in [0.15, 0.2) is 170 Å². The van der Waals surface area contributed by atoms with Gasteiger partial charge >= 0.3 is 0 Å². The molecule has 10 rings (SSSR count). The molecular formula is C44H28N2. The van der Waals surface area contributed by atoms with Gasteiger partial charge in [-0.1, -0.05) is 121 Å². The number of aromatic nitrogens is 2. The standard InChI is InChI=1S/C44H28N2/c1-2-14-32(15-3-1)46-41-26-23-30-12-5-7-17-36(30)44(41)39-27-38-37-18-8-9-20-40(37)45(42(38)28-43(39)46)33-24-21-31(22-25-33)35-19-10-13-29-11-4-6-16-34(29)35/h1-28H. The molecule has 2 heteroatoms. The molecule has 8 aromatic carbocycles. The fourth-order valence-electron chi connectivity index (χ4n) is 7.65. The van der Waals surface area contributed by atoms with E-state index >= 15 is 0 Å². The van der Waals surface area contributed by atoms with Gasteiger partial charge in [0, 0.05) is 32.9 Å². The molecule has 0 radical (unpaired) electrons. The number of para-hydroxylation sites is 2. The van der Waals surface area contributed by atoms with E-state index in [1.165, 1.54) is 82.0 Å². The summed E-state index contributed by atoms with van der Waals surface area (Å²) in [5.74, 6) is 0. The fraction of sp³-hybridized carbons (Fsp3) is 0. The van der Waals surface area contributed by atoms with Gasteiger partial charge in [0.1, 0.15) is 0 Å². The van der Waals surface area contributed by atoms with E-state index in [9.17, 15) is 0 Å². The molecule has 0 unspecified atom stereocenters. The molecule has 10 aromatic rings. The quantitative estimate of drug-likeness (QED) is 0.195. The summed E-state index contributed by atoms with van der Waals surface area (Å²) in [4.78, 5) is 0. The molecule has 2 aromatic heterocycles. The largest absolute Gasteiger partial charge is 0.309 e. The van der Waals surface area contributed by atoms with Crippen molar-refractivity contribution < 1.29 is 0 Å². The third kappa shape index (κ3) is 3.59. The van der Waals surface area contributed by atoms with Crippen molar-refractivity contribution in [3.63, 3.8) is 0 Å². The summed E-state index contributed by atoms with van der Waals surface area (Å²) in [5, 5.41) is 10.2. The monoisotopic (exact) mass is 584 g/mol. The molecule has 0 aliphatic rings. The second kappa shape index (κ2) is 9.69. The summed E-state index contributed by atoms with van der Waals surface area (Å²) >= 11 is 0. The zero-order chi connectivity index (χ0) is 30.2. The average molecular weight is 585 g/mol. The average Bonchev–Trinajstić information content (AvgIpc) is 3.63. The first-order valence-corrected chi connectivity index (χ1v) is 15.9. The minimum Gasteiger partial charge on any atom is -0.309 e. The first-order chi connectivity index (χ1) is 22.8. The summed E-state index contributed by atoms with van der Waals surface area (Å²) in [7, 11) is 0. The van der Waals surface area contributed by atoms with Crippen LogP contribution in [0, 0.1) is 0 Å². The van der Waals surface area contributed by atoms with Crippen LogP contribution in [0.4, 0.5) is 0 Å². The molecule has 2 nitrogen and oxygen atoms in total. The fourth-order valence-corrected chi connectivity index (χ4v) is 7.65. The molecule has 0 aliphatic carbocycles. The second-order valence-corrected chi connectivity index (χ2v) is 12.2. The Morgan fingerprint density at radius 2 is 0.913 bits per heavy atom. The van der Waals surface area contributed by atoms with Crippen molar-refractivity contribution >= 4 is 65.2 Å². The molecule has 0 atom stereocenters. The number of benzene rings is 8. The number of fused-ring (bicyclic) bond motifs is 9. The lowest BCUT2D eigenvalue weighted by Crippen LogP contribution is -1.96. The molecule has 0 bridgehead atoms. The maximum absolute atomic E-state index is 2.43. The first kappa shape index (κ1) is 25.2. The molecule has 214 valence electrons. The molecule has 0 spiro atoms. The molecule has 0 fully saturated rings. The highest BCUT2D eigenvalue weighted by atomic mass is 15.0. The molecule has 0 amide bonds. The number of hydrogen-bond acceptors (Lipinski definition) is 0. The summed E-state index contributed by atoms with van der Waals surface area (Å²) in [5.41, 5.74) is 9.65. The molecule has 0 N–H and O–H groups in total. The topological polar surface area (TPSA) is 9.86 Å². The van der Waals surface area contributed by atoms with Gasteiger partial charge in [-0.25, -0.2) is 0 Å². The Morgan fingerprint density at radius 1 is 0.304 bits per heavy atom. The smallest absolute Gasteiger partial charge is 0.0562 e. The van der Waals surface area contributed by atoms with Crippen molar-refractivity contribution in [3.05, 3.63) is 170 Å². The van der Waals surface area contributed by atoms with Crippen molar-refractivity contribution in [2.24, 2.45) is 0 Å². The zero-order valence-electron chi connectivity index (χ0n) is 25.1. The van der Waals surface area contributed by atoms with Crippen LogP contribution in [0.3, 0.4) is 0 Å². The molecule has 2 heterocycles. The van der Waals surface area contributed by atoms with Crippen molar-refractivity contribution in [2.75, 3.05) is 0 Å². The van der Waals surface area contributed by atoms with Gasteiger partial charge in [0.05, 0.1) is 22.1 Å². The first-order valence-electron chi connectivity index (χ1n) is 15.9. The Morgan fingerprint density at radius 3 is 1.74 bits per heavy atom. The van der Waals surface area contributed by atoms with E-state index in [1.807, 2.05) is 0 Å². The highest BCUT2D eigenvalue weighted by Gasteiger charge is 2.19. The summed E-state index contributed by atoms with van der Waals surface area (Å²) in [6.45, 7) is 0. The van der Waals surface area contributed by atoms with Crippen molar-refractivity contribution in [1.82, 2.24) is 9.13 Å². The minimum absolute atomic E-state index is 1.15. The van der Waals surface area contributed by atoms with Crippen molar-refractivity contribution in [2.45, 2.75) is 0 Å². The maximum Gasteiger partial charge on any atom is 0.0562 e. The van der Waals surface area contributed by atoms with Gasteiger partial charge < -0.3 is 9.13 Å². The SMILES string of the molecule is c1ccc(-n2c3cc4c(cc3c3c5ccccc5ccc32)c2ccccc2n4-c2ccc(-c3cccc4ccccc34)cc2)cc1. The third-order valence-corrected chi connectivity index (χ3v) is 9.69. The molecule has 0 saturated heterocycles. The van der Waals surface area contributed by atoms with E-state index in [2.05, 4.69) is 179 Å². The normalized spacial score (nSPS) is 11.9. The number of nitrogens with zero attached hydrogens (tertiary/aromatic N) is 2. The van der Waals surface area contributed by atoms with Crippen LogP contribution in [0.25, 0.3) is 87.7 Å². The highest BCUT2D eigenvalue weighted by molar-refractivity contribution is 6.25. The Balaban J connectivity index is 1.28. The van der Waals surface area contributed by atoms with E-state index in [-0.39, 0.29) is 0 Å². The molecule has 46 heavy (non-hydrogen) atoms. The van der Waals surface area contributed by atoms with Gasteiger partial charge in [-0.3, -0.25) is 0 Å². The number of rotatable bonds is 3. The van der Waals surface area contributed by atoms with E-state index in [1.54, 1.807) is 0 Å². The Hall–Kier alpha value is -6.12. The Labute approximate surface area is 266 Å². The lowest BCUT2D eigenvalue weighted by Gasteiger charge is -2.12. The van der Waals surface area contributed by atoms with Gasteiger partial charge in [-0.15, -0.1) is 0 Å². The molecule has 0 aliphatic heterocycles. The summed E-state index contributed by atoms with van der Waals surface area (Å²) < 4.78 is 4.87. The highest BCUT2D eigenvalue weighted by Crippen LogP contribution is 2.42. The van der Waals surface area contributed by atoms with E-state index in [4.69, 9.17) is 0 Å². The zero-order valence-corrected chi connectivity index (χ0v) is 25.1. The van der Waals surface area contributed by atoms with Gasteiger partial charge in [0.15, 0.2) is 0 Å². The van der Waals surface area contributed by atoms with Crippen molar-refractivity contribution in [1.29, 1.82) is 0 Å². The lowest BCUT2D eigenvalue weighted by atomic mass is 9.98. The van der Waals surface area contributed by atoms with E-state index in [0.29, 0.717) is 0 Å². The second-order valence-electron chi connectivity index (χ2n) is 12.2. The molecular weight excluding hydrogens is 556 g/mol. The predicted octanol–water partition coefficient (Wildman–Crippen LogP) is 11.9. The Kier molecular flexibility index (Phi) is 5.31. The van der Waals surface area contributed by atoms with Gasteiger partial charge in [-0.05, 0) is 81.2 Å². The van der Waals surface area contributed by atoms with Crippen molar-refractivity contribution in [3.8, 4) is 22.5 Å². The van der Waals surface area contributed by atoms with Crippen LogP contribution in [0.5, 0.6) is 0 Å². The van der Waals surface area contributed by atoms with Crippen LogP contribution >= 0.6 is 0 Å². The predicted molar refractivity (Wildman–Crippen MR) is 196 cm³/mol. The van der Waals surface area contributed by atoms with Gasteiger partial charge in [-0.2, -0.15) is 0 Å². The minimum atomic E-state index is 1.15. The maximum atomic E-state index is 2.43. The lowest BCUT2D eigenvalue weighted by molar-refractivity contribution is 1.16. The van der Waals surface area contributed by atoms with Gasteiger partial charge in [0.25, 0.3) is 0 Å². The van der Waals surface area contributed by atoms with E-state index in [0.717, 1.165) is 5.69 Å². The van der Waals surface area contributed by atoms with Crippen LogP contribution in [-0.4, -0.2) is 9.13 Å². The van der Waals surface area contributed by atoms with E-state index < -0.39 is 0 Å². The van der Waals surface area contributed by atoms with Crippen LogP contribution in [0.2, 0.25) is 0 Å².